The fourth-order valence-corrected chi connectivity index (χ4v) is 2.20. The van der Waals surface area contributed by atoms with Gasteiger partial charge in [0.2, 0.25) is 0 Å². The van der Waals surface area contributed by atoms with Crippen LogP contribution in [0.1, 0.15) is 15.9 Å². The van der Waals surface area contributed by atoms with Crippen molar-refractivity contribution in [2.24, 2.45) is 0 Å². The second kappa shape index (κ2) is 4.66. The Balaban J connectivity index is 2.23. The lowest BCUT2D eigenvalue weighted by molar-refractivity contribution is 0.104. The number of phenolic OH excluding ortho intramolecular Hbond substituents is 1. The van der Waals surface area contributed by atoms with Crippen LogP contribution < -0.4 is 5.73 Å². The van der Waals surface area contributed by atoms with Crippen LogP contribution >= 0.6 is 0 Å². The summed E-state index contributed by atoms with van der Waals surface area (Å²) in [5, 5.41) is 10.4. The van der Waals surface area contributed by atoms with Gasteiger partial charge in [-0.3, -0.25) is 9.78 Å². The molecule has 3 N–H and O–H groups in total. The normalized spacial score (nSPS) is 10.6. The predicted octanol–water partition coefficient (Wildman–Crippen LogP) is 2.75. The second-order valence-electron chi connectivity index (χ2n) is 4.45. The van der Waals surface area contributed by atoms with Crippen molar-refractivity contribution in [3.05, 3.63) is 65.9 Å². The van der Waals surface area contributed by atoms with Gasteiger partial charge in [-0.1, -0.05) is 18.2 Å². The minimum atomic E-state index is -0.180. The number of aromatic nitrogens is 1. The molecule has 0 saturated heterocycles. The number of anilines is 1. The molecule has 0 aliphatic carbocycles. The average Bonchev–Trinajstić information content (AvgIpc) is 2.48. The van der Waals surface area contributed by atoms with E-state index in [9.17, 15) is 9.90 Å². The highest BCUT2D eigenvalue weighted by Crippen LogP contribution is 2.28. The Labute approximate surface area is 115 Å². The van der Waals surface area contributed by atoms with E-state index < -0.39 is 0 Å². The summed E-state index contributed by atoms with van der Waals surface area (Å²) in [6.45, 7) is 0. The first-order valence-electron chi connectivity index (χ1n) is 6.14. The summed E-state index contributed by atoms with van der Waals surface area (Å²) in [7, 11) is 0. The summed E-state index contributed by atoms with van der Waals surface area (Å²) < 4.78 is 0. The zero-order chi connectivity index (χ0) is 14.1. The quantitative estimate of drug-likeness (QED) is 0.551. The van der Waals surface area contributed by atoms with Crippen molar-refractivity contribution >= 4 is 22.4 Å². The summed E-state index contributed by atoms with van der Waals surface area (Å²) in [6.07, 6.45) is 1.58. The largest absolute Gasteiger partial charge is 0.506 e. The van der Waals surface area contributed by atoms with E-state index in [0.717, 1.165) is 0 Å². The van der Waals surface area contributed by atoms with E-state index in [0.29, 0.717) is 27.7 Å². The number of fused-ring (bicyclic) bond motifs is 1. The molecule has 3 rings (SSSR count). The van der Waals surface area contributed by atoms with Crippen molar-refractivity contribution in [2.75, 3.05) is 5.73 Å². The topological polar surface area (TPSA) is 76.2 Å². The fraction of sp³-hybridized carbons (Fsp3) is 0. The van der Waals surface area contributed by atoms with E-state index in [-0.39, 0.29) is 11.5 Å². The number of nitrogens with two attached hydrogens (primary N) is 1. The van der Waals surface area contributed by atoms with Crippen LogP contribution in [0.2, 0.25) is 0 Å². The molecule has 98 valence electrons. The number of rotatable bonds is 2. The molecule has 0 unspecified atom stereocenters. The Bertz CT molecular complexity index is 812. The molecular formula is C16H12N2O2. The van der Waals surface area contributed by atoms with Crippen LogP contribution in [0.15, 0.2) is 54.7 Å². The lowest BCUT2D eigenvalue weighted by Gasteiger charge is -2.08. The number of aromatic hydroxyl groups is 1. The summed E-state index contributed by atoms with van der Waals surface area (Å²) in [6, 6.07) is 13.5. The molecule has 1 heterocycles. The van der Waals surface area contributed by atoms with Gasteiger partial charge in [-0.2, -0.15) is 0 Å². The smallest absolute Gasteiger partial charge is 0.195 e. The lowest BCUT2D eigenvalue weighted by atomic mass is 9.98. The lowest BCUT2D eigenvalue weighted by Crippen LogP contribution is -2.06. The SMILES string of the molecule is Nc1ccccc1C(=O)c1ccc(O)c2ncccc12. The van der Waals surface area contributed by atoms with E-state index in [2.05, 4.69) is 4.98 Å². The monoisotopic (exact) mass is 264 g/mol. The molecule has 0 spiro atoms. The van der Waals surface area contributed by atoms with Gasteiger partial charge in [0, 0.05) is 28.4 Å². The summed E-state index contributed by atoms with van der Waals surface area (Å²) in [5.74, 6) is -0.126. The minimum Gasteiger partial charge on any atom is -0.506 e. The highest BCUT2D eigenvalue weighted by molar-refractivity contribution is 6.18. The van der Waals surface area contributed by atoms with Crippen molar-refractivity contribution in [3.63, 3.8) is 0 Å². The molecule has 0 bridgehead atoms. The fourth-order valence-electron chi connectivity index (χ4n) is 2.20. The van der Waals surface area contributed by atoms with Crippen LogP contribution in [0.3, 0.4) is 0 Å². The van der Waals surface area contributed by atoms with Crippen LogP contribution in [0.25, 0.3) is 10.9 Å². The molecule has 0 aliphatic rings. The molecule has 20 heavy (non-hydrogen) atoms. The zero-order valence-corrected chi connectivity index (χ0v) is 10.6. The van der Waals surface area contributed by atoms with E-state index in [1.807, 2.05) is 0 Å². The summed E-state index contributed by atoms with van der Waals surface area (Å²) in [4.78, 5) is 16.7. The molecule has 3 aromatic rings. The number of carbonyl (C=O) groups excluding carboxylic acids is 1. The van der Waals surface area contributed by atoms with Gasteiger partial charge in [-0.25, -0.2) is 0 Å². The van der Waals surface area contributed by atoms with Gasteiger partial charge in [0.25, 0.3) is 0 Å². The van der Waals surface area contributed by atoms with E-state index in [4.69, 9.17) is 5.73 Å². The predicted molar refractivity (Wildman–Crippen MR) is 77.7 cm³/mol. The minimum absolute atomic E-state index is 0.0539. The number of hydrogen-bond acceptors (Lipinski definition) is 4. The third-order valence-electron chi connectivity index (χ3n) is 3.20. The molecule has 0 aliphatic heterocycles. The van der Waals surface area contributed by atoms with Gasteiger partial charge in [-0.15, -0.1) is 0 Å². The number of benzene rings is 2. The number of phenols is 1. The van der Waals surface area contributed by atoms with Gasteiger partial charge in [0.05, 0.1) is 0 Å². The standard InChI is InChI=1S/C16H12N2O2/c17-13-6-2-1-4-12(13)16(20)11-7-8-14(19)15-10(11)5-3-9-18-15/h1-9,19H,17H2. The number of nitrogens with zero attached hydrogens (tertiary/aromatic N) is 1. The van der Waals surface area contributed by atoms with Crippen molar-refractivity contribution in [1.82, 2.24) is 4.98 Å². The molecule has 0 saturated carbocycles. The molecular weight excluding hydrogens is 252 g/mol. The van der Waals surface area contributed by atoms with Gasteiger partial charge in [0.15, 0.2) is 5.78 Å². The highest BCUT2D eigenvalue weighted by Gasteiger charge is 2.16. The van der Waals surface area contributed by atoms with Gasteiger partial charge >= 0.3 is 0 Å². The first-order valence-corrected chi connectivity index (χ1v) is 6.14. The Kier molecular flexibility index (Phi) is 2.84. The third-order valence-corrected chi connectivity index (χ3v) is 3.20. The van der Waals surface area contributed by atoms with Crippen molar-refractivity contribution in [2.45, 2.75) is 0 Å². The van der Waals surface area contributed by atoms with Crippen LogP contribution in [0.5, 0.6) is 5.75 Å². The maximum Gasteiger partial charge on any atom is 0.195 e. The number of pyridine rings is 1. The van der Waals surface area contributed by atoms with Gasteiger partial charge < -0.3 is 10.8 Å². The third kappa shape index (κ3) is 1.87. The maximum atomic E-state index is 12.6. The number of carbonyl (C=O) groups is 1. The first-order chi connectivity index (χ1) is 9.68. The van der Waals surface area contributed by atoms with E-state index >= 15 is 0 Å². The Morgan fingerprint density at radius 1 is 1.00 bits per heavy atom. The van der Waals surface area contributed by atoms with E-state index in [1.54, 1.807) is 48.7 Å². The van der Waals surface area contributed by atoms with Gasteiger partial charge in [0.1, 0.15) is 11.3 Å². The number of nitrogen functional groups attached to an aromatic ring is 1. The van der Waals surface area contributed by atoms with Crippen LogP contribution in [0, 0.1) is 0 Å². The van der Waals surface area contributed by atoms with Crippen LogP contribution in [-0.4, -0.2) is 15.9 Å². The first kappa shape index (κ1) is 12.2. The second-order valence-corrected chi connectivity index (χ2v) is 4.45. The van der Waals surface area contributed by atoms with Crippen LogP contribution in [-0.2, 0) is 0 Å². The summed E-state index contributed by atoms with van der Waals surface area (Å²) >= 11 is 0. The van der Waals surface area contributed by atoms with E-state index in [1.165, 1.54) is 6.07 Å². The molecule has 4 heteroatoms. The summed E-state index contributed by atoms with van der Waals surface area (Å²) in [5.41, 5.74) is 7.61. The van der Waals surface area contributed by atoms with Crippen molar-refractivity contribution in [3.8, 4) is 5.75 Å². The van der Waals surface area contributed by atoms with Crippen molar-refractivity contribution < 1.29 is 9.90 Å². The number of ketones is 1. The number of hydrogen-bond donors (Lipinski definition) is 2. The zero-order valence-electron chi connectivity index (χ0n) is 10.6. The Morgan fingerprint density at radius 2 is 1.80 bits per heavy atom. The van der Waals surface area contributed by atoms with Crippen molar-refractivity contribution in [1.29, 1.82) is 0 Å². The van der Waals surface area contributed by atoms with Crippen LogP contribution in [0.4, 0.5) is 5.69 Å². The Hall–Kier alpha value is -2.88. The molecule has 0 fully saturated rings. The van der Waals surface area contributed by atoms with Gasteiger partial charge in [-0.05, 0) is 30.3 Å². The maximum absolute atomic E-state index is 12.6. The molecule has 0 radical (unpaired) electrons. The average molecular weight is 264 g/mol. The molecule has 0 amide bonds. The molecule has 0 atom stereocenters. The highest BCUT2D eigenvalue weighted by atomic mass is 16.3. The number of para-hydroxylation sites is 1. The molecule has 4 nitrogen and oxygen atoms in total. The molecule has 1 aromatic heterocycles. The Morgan fingerprint density at radius 3 is 2.60 bits per heavy atom. The molecule has 2 aromatic carbocycles.